The Bertz CT molecular complexity index is 927. The summed E-state index contributed by atoms with van der Waals surface area (Å²) in [4.78, 5) is 27.7. The van der Waals surface area contributed by atoms with Crippen molar-refractivity contribution in [3.05, 3.63) is 29.8 Å². The van der Waals surface area contributed by atoms with Crippen LogP contribution >= 0.6 is 0 Å². The van der Waals surface area contributed by atoms with Crippen molar-refractivity contribution in [1.82, 2.24) is 10.2 Å². The number of benzene rings is 1. The number of aliphatic hydroxyl groups is 1. The molecule has 0 spiro atoms. The number of halogens is 3. The minimum atomic E-state index is -4.59. The molecular weight excluding hydrogens is 453 g/mol. The van der Waals surface area contributed by atoms with Gasteiger partial charge in [0.2, 0.25) is 5.91 Å². The molecule has 188 valence electrons. The van der Waals surface area contributed by atoms with E-state index in [2.05, 4.69) is 5.32 Å². The maximum absolute atomic E-state index is 13.3. The van der Waals surface area contributed by atoms with Crippen molar-refractivity contribution >= 4 is 11.8 Å². The first-order valence-electron chi connectivity index (χ1n) is 11.7. The summed E-state index contributed by atoms with van der Waals surface area (Å²) in [7, 11) is 0. The molecule has 2 heterocycles. The molecule has 3 aliphatic rings. The summed E-state index contributed by atoms with van der Waals surface area (Å²) in [6.45, 7) is 4.42. The van der Waals surface area contributed by atoms with Crippen molar-refractivity contribution in [3.8, 4) is 5.75 Å². The Kier molecular flexibility index (Phi) is 6.58. The normalized spacial score (nSPS) is 26.6. The van der Waals surface area contributed by atoms with E-state index in [0.717, 1.165) is 6.07 Å². The Morgan fingerprint density at radius 1 is 1.21 bits per heavy atom. The first-order chi connectivity index (χ1) is 16.0. The Morgan fingerprint density at radius 3 is 2.47 bits per heavy atom. The van der Waals surface area contributed by atoms with Gasteiger partial charge < -0.3 is 24.8 Å². The lowest BCUT2D eigenvalue weighted by atomic mass is 9.77. The topological polar surface area (TPSA) is 88.1 Å². The zero-order valence-electron chi connectivity index (χ0n) is 19.4. The number of likely N-dealkylation sites (tertiary alicyclic amines) is 1. The van der Waals surface area contributed by atoms with E-state index >= 15 is 0 Å². The third kappa shape index (κ3) is 4.49. The Labute approximate surface area is 196 Å². The second-order valence-corrected chi connectivity index (χ2v) is 9.62. The van der Waals surface area contributed by atoms with Gasteiger partial charge in [0.05, 0.1) is 22.6 Å². The predicted octanol–water partition coefficient (Wildman–Crippen LogP) is 2.90. The highest BCUT2D eigenvalue weighted by Gasteiger charge is 2.64. The number of alkyl halides is 3. The van der Waals surface area contributed by atoms with Crippen LogP contribution in [0.3, 0.4) is 0 Å². The molecule has 34 heavy (non-hydrogen) atoms. The second-order valence-electron chi connectivity index (χ2n) is 9.62. The largest absolute Gasteiger partial charge is 0.480 e. The fraction of sp³-hybridized carbons (Fsp3) is 0.667. The van der Waals surface area contributed by atoms with Gasteiger partial charge in [-0.05, 0) is 45.2 Å². The van der Waals surface area contributed by atoms with E-state index < -0.39 is 40.5 Å². The van der Waals surface area contributed by atoms with Gasteiger partial charge in [-0.25, -0.2) is 0 Å². The first-order valence-corrected chi connectivity index (χ1v) is 11.7. The molecule has 1 aromatic carbocycles. The summed E-state index contributed by atoms with van der Waals surface area (Å²) in [6, 6.07) is 4.12. The van der Waals surface area contributed by atoms with E-state index in [-0.39, 0.29) is 18.0 Å². The zero-order valence-corrected chi connectivity index (χ0v) is 19.4. The second kappa shape index (κ2) is 9.03. The van der Waals surface area contributed by atoms with E-state index in [1.807, 2.05) is 0 Å². The van der Waals surface area contributed by atoms with Crippen LogP contribution in [0.2, 0.25) is 0 Å². The molecule has 0 radical (unpaired) electrons. The monoisotopic (exact) mass is 484 g/mol. The highest BCUT2D eigenvalue weighted by atomic mass is 19.4. The van der Waals surface area contributed by atoms with Crippen molar-refractivity contribution in [1.29, 1.82) is 0 Å². The lowest BCUT2D eigenvalue weighted by molar-refractivity contribution is -0.150. The maximum atomic E-state index is 13.3. The number of amides is 2. The molecule has 1 unspecified atom stereocenters. The van der Waals surface area contributed by atoms with Gasteiger partial charge in [0, 0.05) is 38.6 Å². The van der Waals surface area contributed by atoms with Crippen molar-refractivity contribution in [2.45, 2.75) is 75.9 Å². The van der Waals surface area contributed by atoms with Crippen LogP contribution in [0.15, 0.2) is 24.3 Å². The maximum Gasteiger partial charge on any atom is 0.419 e. The van der Waals surface area contributed by atoms with Crippen LogP contribution < -0.4 is 10.1 Å². The van der Waals surface area contributed by atoms with E-state index in [9.17, 15) is 27.9 Å². The highest BCUT2D eigenvalue weighted by Crippen LogP contribution is 2.57. The fourth-order valence-corrected chi connectivity index (χ4v) is 5.24. The Hall–Kier alpha value is -2.33. The van der Waals surface area contributed by atoms with Gasteiger partial charge in [-0.2, -0.15) is 13.2 Å². The van der Waals surface area contributed by atoms with Crippen LogP contribution in [-0.4, -0.2) is 65.4 Å². The summed E-state index contributed by atoms with van der Waals surface area (Å²) in [6.07, 6.45) is -3.15. The molecule has 2 aliphatic heterocycles. The van der Waals surface area contributed by atoms with Gasteiger partial charge in [0.15, 0.2) is 6.10 Å². The van der Waals surface area contributed by atoms with Crippen LogP contribution in [0.1, 0.15) is 51.5 Å². The standard InChI is InChI=1S/C24H31F3N2O5/c1-15-18(28-21(31)22(8-9-22)23(32)10-13-33-14-11-23)7-12-29(15)20(30)16(2)34-19-6-4-3-5-17(19)24(25,26)27/h3-6,15-16,18,32H,7-14H2,1-2H3,(H,28,31)/t15-,16?,18-/m1/s1. The summed E-state index contributed by atoms with van der Waals surface area (Å²) in [5.41, 5.74) is -2.83. The number of hydrogen-bond donors (Lipinski definition) is 2. The molecule has 0 bridgehead atoms. The van der Waals surface area contributed by atoms with E-state index in [4.69, 9.17) is 9.47 Å². The summed E-state index contributed by atoms with van der Waals surface area (Å²) < 4.78 is 50.5. The average Bonchev–Trinajstić information content (AvgIpc) is 3.54. The SMILES string of the molecule is CC(Oc1ccccc1C(F)(F)F)C(=O)N1CC[C@@H](NC(=O)C2(C3(O)CCOCC3)CC2)[C@H]1C. The number of ether oxygens (including phenoxy) is 2. The van der Waals surface area contributed by atoms with E-state index in [1.165, 1.54) is 30.0 Å². The summed E-state index contributed by atoms with van der Waals surface area (Å²) in [5.74, 6) is -1.04. The molecule has 2 amide bonds. The molecule has 1 aromatic rings. The third-order valence-electron chi connectivity index (χ3n) is 7.59. The van der Waals surface area contributed by atoms with Gasteiger partial charge in [-0.3, -0.25) is 9.59 Å². The summed E-state index contributed by atoms with van der Waals surface area (Å²) in [5, 5.41) is 14.1. The third-order valence-corrected chi connectivity index (χ3v) is 7.59. The van der Waals surface area contributed by atoms with Crippen LogP contribution in [0.25, 0.3) is 0 Å². The number of carbonyl (C=O) groups excluding carboxylic acids is 2. The summed E-state index contributed by atoms with van der Waals surface area (Å²) >= 11 is 0. The number of carbonyl (C=O) groups is 2. The van der Waals surface area contributed by atoms with Crippen LogP contribution in [0, 0.1) is 5.41 Å². The van der Waals surface area contributed by atoms with Gasteiger partial charge in [0.1, 0.15) is 5.75 Å². The number of para-hydroxylation sites is 1. The van der Waals surface area contributed by atoms with Crippen LogP contribution in [0.5, 0.6) is 5.75 Å². The smallest absolute Gasteiger partial charge is 0.419 e. The van der Waals surface area contributed by atoms with Crippen molar-refractivity contribution < 1.29 is 37.3 Å². The predicted molar refractivity (Wildman–Crippen MR) is 116 cm³/mol. The minimum absolute atomic E-state index is 0.202. The van der Waals surface area contributed by atoms with Crippen LogP contribution in [0.4, 0.5) is 13.2 Å². The van der Waals surface area contributed by atoms with Gasteiger partial charge in [-0.15, -0.1) is 0 Å². The van der Waals surface area contributed by atoms with Gasteiger partial charge >= 0.3 is 6.18 Å². The number of nitrogens with zero attached hydrogens (tertiary/aromatic N) is 1. The molecule has 7 nitrogen and oxygen atoms in total. The van der Waals surface area contributed by atoms with Crippen molar-refractivity contribution in [2.75, 3.05) is 19.8 Å². The fourth-order valence-electron chi connectivity index (χ4n) is 5.24. The molecule has 0 aromatic heterocycles. The van der Waals surface area contributed by atoms with Crippen LogP contribution in [-0.2, 0) is 20.5 Å². The molecule has 1 aliphatic carbocycles. The quantitative estimate of drug-likeness (QED) is 0.649. The lowest BCUT2D eigenvalue weighted by Crippen LogP contribution is -2.55. The average molecular weight is 485 g/mol. The molecule has 2 saturated heterocycles. The molecule has 1 saturated carbocycles. The van der Waals surface area contributed by atoms with E-state index in [1.54, 1.807) is 6.92 Å². The Balaban J connectivity index is 1.38. The number of hydrogen-bond acceptors (Lipinski definition) is 5. The molecule has 4 rings (SSSR count). The van der Waals surface area contributed by atoms with Gasteiger partial charge in [0.25, 0.3) is 5.91 Å². The molecule has 2 N–H and O–H groups in total. The molecule has 10 heteroatoms. The minimum Gasteiger partial charge on any atom is -0.480 e. The van der Waals surface area contributed by atoms with Crippen molar-refractivity contribution in [3.63, 3.8) is 0 Å². The lowest BCUT2D eigenvalue weighted by Gasteiger charge is -2.39. The molecule has 3 atom stereocenters. The van der Waals surface area contributed by atoms with Crippen molar-refractivity contribution in [2.24, 2.45) is 5.41 Å². The van der Waals surface area contributed by atoms with Gasteiger partial charge in [-0.1, -0.05) is 12.1 Å². The highest BCUT2D eigenvalue weighted by molar-refractivity contribution is 5.87. The Morgan fingerprint density at radius 2 is 1.85 bits per heavy atom. The molecular formula is C24H31F3N2O5. The van der Waals surface area contributed by atoms with E-state index in [0.29, 0.717) is 51.9 Å². The molecule has 3 fully saturated rings. The number of rotatable bonds is 6. The first kappa shape index (κ1) is 24.8. The number of nitrogens with one attached hydrogen (secondary N) is 1. The zero-order chi connectivity index (χ0) is 24.7.